The summed E-state index contributed by atoms with van der Waals surface area (Å²) in [7, 11) is 1.75. The minimum absolute atomic E-state index is 0.0413. The van der Waals surface area contributed by atoms with Crippen LogP contribution in [0.5, 0.6) is 0 Å². The van der Waals surface area contributed by atoms with Gasteiger partial charge in [-0.2, -0.15) is 0 Å². The zero-order valence-electron chi connectivity index (χ0n) is 10.4. The predicted octanol–water partition coefficient (Wildman–Crippen LogP) is 1.37. The molecule has 0 aliphatic rings. The van der Waals surface area contributed by atoms with Gasteiger partial charge in [-0.1, -0.05) is 5.16 Å². The van der Waals surface area contributed by atoms with Gasteiger partial charge in [-0.25, -0.2) is 0 Å². The highest BCUT2D eigenvalue weighted by atomic mass is 35.5. The number of carbonyl (C=O) groups excluding carboxylic acids is 1. The van der Waals surface area contributed by atoms with Crippen LogP contribution < -0.4 is 5.73 Å². The molecule has 17 heavy (non-hydrogen) atoms. The van der Waals surface area contributed by atoms with Crippen LogP contribution in [0.15, 0.2) is 4.52 Å². The minimum atomic E-state index is 0.0413. The smallest absolute Gasteiger partial charge is 0.229 e. The first-order valence-corrected chi connectivity index (χ1v) is 5.91. The molecule has 1 unspecified atom stereocenters. The van der Waals surface area contributed by atoms with Crippen molar-refractivity contribution in [2.45, 2.75) is 32.7 Å². The quantitative estimate of drug-likeness (QED) is 0.867. The Bertz CT molecular complexity index is 373. The number of nitrogens with two attached hydrogens (primary N) is 1. The minimum Gasteiger partial charge on any atom is -0.344 e. The summed E-state index contributed by atoms with van der Waals surface area (Å²) in [5.74, 6) is 0.0413. The van der Waals surface area contributed by atoms with E-state index in [1.807, 2.05) is 6.92 Å². The number of halogens is 1. The lowest BCUT2D eigenvalue weighted by Crippen LogP contribution is -2.39. The molecule has 0 aromatic carbocycles. The molecule has 0 aliphatic heterocycles. The molecule has 96 valence electrons. The Morgan fingerprint density at radius 1 is 1.65 bits per heavy atom. The van der Waals surface area contributed by atoms with E-state index in [0.717, 1.165) is 11.3 Å². The fraction of sp³-hybridized carbons (Fsp3) is 0.636. The molecule has 0 spiro atoms. The van der Waals surface area contributed by atoms with Crippen molar-refractivity contribution in [2.24, 2.45) is 5.73 Å². The summed E-state index contributed by atoms with van der Waals surface area (Å²) in [6.07, 6.45) is 0.914. The lowest BCUT2D eigenvalue weighted by atomic mass is 10.1. The fourth-order valence-electron chi connectivity index (χ4n) is 1.45. The highest BCUT2D eigenvalue weighted by molar-refractivity contribution is 6.29. The van der Waals surface area contributed by atoms with Crippen molar-refractivity contribution in [3.8, 4) is 0 Å². The van der Waals surface area contributed by atoms with Crippen molar-refractivity contribution in [3.63, 3.8) is 0 Å². The zero-order valence-corrected chi connectivity index (χ0v) is 11.1. The van der Waals surface area contributed by atoms with Gasteiger partial charge in [0.05, 0.1) is 5.69 Å². The Balaban J connectivity index is 2.54. The summed E-state index contributed by atoms with van der Waals surface area (Å²) in [5, 5.41) is 4.01. The second-order valence-corrected chi connectivity index (χ2v) is 4.45. The third-order valence-corrected chi connectivity index (χ3v) is 3.22. The number of aromatic nitrogens is 1. The third kappa shape index (κ3) is 3.44. The molecular formula is C11H18ClN3O2. The third-order valence-electron chi connectivity index (χ3n) is 2.92. The monoisotopic (exact) mass is 259 g/mol. The number of amides is 1. The summed E-state index contributed by atoms with van der Waals surface area (Å²) in [4.78, 5) is 13.5. The van der Waals surface area contributed by atoms with Gasteiger partial charge in [0.1, 0.15) is 0 Å². The van der Waals surface area contributed by atoms with Gasteiger partial charge in [-0.05, 0) is 31.9 Å². The number of rotatable bonds is 5. The molecule has 1 amide bonds. The van der Waals surface area contributed by atoms with Crippen LogP contribution in [0.3, 0.4) is 0 Å². The van der Waals surface area contributed by atoms with Gasteiger partial charge in [0.2, 0.25) is 11.1 Å². The average molecular weight is 260 g/mol. The van der Waals surface area contributed by atoms with E-state index in [1.54, 1.807) is 18.9 Å². The maximum atomic E-state index is 11.8. The molecular weight excluding hydrogens is 242 g/mol. The molecule has 1 aromatic heterocycles. The number of carbonyl (C=O) groups is 1. The molecule has 1 atom stereocenters. The number of aryl methyl sites for hydroxylation is 1. The van der Waals surface area contributed by atoms with Crippen molar-refractivity contribution in [1.82, 2.24) is 10.1 Å². The second-order valence-electron chi connectivity index (χ2n) is 4.11. The molecule has 5 nitrogen and oxygen atoms in total. The maximum absolute atomic E-state index is 11.8. The van der Waals surface area contributed by atoms with E-state index in [-0.39, 0.29) is 17.2 Å². The molecule has 2 N–H and O–H groups in total. The summed E-state index contributed by atoms with van der Waals surface area (Å²) in [5.41, 5.74) is 7.04. The van der Waals surface area contributed by atoms with Crippen molar-refractivity contribution in [3.05, 3.63) is 16.5 Å². The summed E-state index contributed by atoms with van der Waals surface area (Å²) >= 11 is 5.82. The maximum Gasteiger partial charge on any atom is 0.229 e. The van der Waals surface area contributed by atoms with E-state index >= 15 is 0 Å². The summed E-state index contributed by atoms with van der Waals surface area (Å²) in [6, 6.07) is 0.0431. The van der Waals surface area contributed by atoms with Gasteiger partial charge in [-0.15, -0.1) is 0 Å². The van der Waals surface area contributed by atoms with E-state index in [0.29, 0.717) is 19.4 Å². The molecule has 1 heterocycles. The predicted molar refractivity (Wildman–Crippen MR) is 65.9 cm³/mol. The van der Waals surface area contributed by atoms with Crippen LogP contribution >= 0.6 is 11.6 Å². The topological polar surface area (TPSA) is 72.4 Å². The van der Waals surface area contributed by atoms with Crippen LogP contribution in [0.25, 0.3) is 0 Å². The van der Waals surface area contributed by atoms with E-state index in [4.69, 9.17) is 21.9 Å². The highest BCUT2D eigenvalue weighted by Crippen LogP contribution is 2.20. The molecule has 0 saturated heterocycles. The van der Waals surface area contributed by atoms with E-state index in [9.17, 15) is 4.79 Å². The Morgan fingerprint density at radius 2 is 2.29 bits per heavy atom. The SMILES string of the molecule is Cc1noc(Cl)c1CCC(=O)N(C)C(C)CN. The largest absolute Gasteiger partial charge is 0.344 e. The van der Waals surface area contributed by atoms with Gasteiger partial charge < -0.3 is 15.2 Å². The molecule has 0 saturated carbocycles. The van der Waals surface area contributed by atoms with E-state index in [2.05, 4.69) is 5.16 Å². The molecule has 0 aliphatic carbocycles. The molecule has 0 bridgehead atoms. The van der Waals surface area contributed by atoms with Gasteiger partial charge in [0.15, 0.2) is 0 Å². The number of hydrogen-bond donors (Lipinski definition) is 1. The van der Waals surface area contributed by atoms with Gasteiger partial charge in [0.25, 0.3) is 0 Å². The van der Waals surface area contributed by atoms with Gasteiger partial charge >= 0.3 is 0 Å². The molecule has 1 aromatic rings. The summed E-state index contributed by atoms with van der Waals surface area (Å²) < 4.78 is 4.83. The van der Waals surface area contributed by atoms with Crippen molar-refractivity contribution >= 4 is 17.5 Å². The molecule has 0 radical (unpaired) electrons. The first-order chi connectivity index (χ1) is 7.97. The average Bonchev–Trinajstić information content (AvgIpc) is 2.64. The van der Waals surface area contributed by atoms with Gasteiger partial charge in [-0.3, -0.25) is 4.79 Å². The Morgan fingerprint density at radius 3 is 2.76 bits per heavy atom. The van der Waals surface area contributed by atoms with Crippen LogP contribution in [-0.2, 0) is 11.2 Å². The Labute approximate surface area is 106 Å². The van der Waals surface area contributed by atoms with Crippen LogP contribution in [0.4, 0.5) is 0 Å². The van der Waals surface area contributed by atoms with Crippen LogP contribution in [0.2, 0.25) is 5.22 Å². The van der Waals surface area contributed by atoms with Gasteiger partial charge in [0, 0.05) is 31.6 Å². The molecule has 1 rings (SSSR count). The second kappa shape index (κ2) is 6.02. The van der Waals surface area contributed by atoms with Crippen molar-refractivity contribution in [1.29, 1.82) is 0 Å². The van der Waals surface area contributed by atoms with Crippen molar-refractivity contribution < 1.29 is 9.32 Å². The standard InChI is InChI=1S/C11H18ClN3O2/c1-7(6-13)15(3)10(16)5-4-9-8(2)14-17-11(9)12/h7H,4-6,13H2,1-3H3. The van der Waals surface area contributed by atoms with Crippen molar-refractivity contribution in [2.75, 3.05) is 13.6 Å². The zero-order chi connectivity index (χ0) is 13.0. The van der Waals surface area contributed by atoms with Crippen LogP contribution in [-0.4, -0.2) is 35.6 Å². The summed E-state index contributed by atoms with van der Waals surface area (Å²) in [6.45, 7) is 4.17. The molecule has 0 fully saturated rings. The number of nitrogens with zero attached hydrogens (tertiary/aromatic N) is 2. The Kier molecular flexibility index (Phi) is 4.96. The first-order valence-electron chi connectivity index (χ1n) is 5.53. The fourth-order valence-corrected chi connectivity index (χ4v) is 1.72. The normalized spacial score (nSPS) is 12.5. The number of hydrogen-bond acceptors (Lipinski definition) is 4. The van der Waals surface area contributed by atoms with Crippen LogP contribution in [0.1, 0.15) is 24.6 Å². The first kappa shape index (κ1) is 14.0. The molecule has 6 heteroatoms. The lowest BCUT2D eigenvalue weighted by molar-refractivity contribution is -0.131. The number of likely N-dealkylation sites (N-methyl/N-ethyl adjacent to an activating group) is 1. The highest BCUT2D eigenvalue weighted by Gasteiger charge is 2.17. The van der Waals surface area contributed by atoms with E-state index in [1.165, 1.54) is 0 Å². The Hall–Kier alpha value is -1.07. The lowest BCUT2D eigenvalue weighted by Gasteiger charge is -2.23. The van der Waals surface area contributed by atoms with Crippen LogP contribution in [0, 0.1) is 6.92 Å². The van der Waals surface area contributed by atoms with E-state index < -0.39 is 0 Å².